The zero-order valence-electron chi connectivity index (χ0n) is 16.8. The van der Waals surface area contributed by atoms with Gasteiger partial charge in [-0.15, -0.1) is 0 Å². The second-order valence-electron chi connectivity index (χ2n) is 7.19. The summed E-state index contributed by atoms with van der Waals surface area (Å²) in [4.78, 5) is 16.7. The number of dihydropyridines is 1. The molecule has 0 saturated carbocycles. The first-order valence-electron chi connectivity index (χ1n) is 9.83. The van der Waals surface area contributed by atoms with Crippen LogP contribution in [0.2, 0.25) is 0 Å². The molecule has 0 unspecified atom stereocenters. The second kappa shape index (κ2) is 8.48. The molecule has 0 fully saturated rings. The fourth-order valence-electron chi connectivity index (χ4n) is 3.74. The van der Waals surface area contributed by atoms with Crippen LogP contribution in [0.4, 0.5) is 0 Å². The third-order valence-corrected chi connectivity index (χ3v) is 5.19. The number of aliphatic imine (C=N–C) groups is 1. The first-order valence-corrected chi connectivity index (χ1v) is 9.83. The number of aryl methyl sites for hydroxylation is 1. The van der Waals surface area contributed by atoms with Crippen LogP contribution in [0.3, 0.4) is 0 Å². The zero-order valence-corrected chi connectivity index (χ0v) is 16.8. The van der Waals surface area contributed by atoms with E-state index in [-0.39, 0.29) is 12.5 Å². The lowest BCUT2D eigenvalue weighted by Gasteiger charge is -2.21. The van der Waals surface area contributed by atoms with Gasteiger partial charge in [0.15, 0.2) is 0 Å². The molecule has 3 aliphatic heterocycles. The number of aromatic nitrogens is 2. The van der Waals surface area contributed by atoms with Gasteiger partial charge < -0.3 is 20.7 Å². The first-order chi connectivity index (χ1) is 14.1. The van der Waals surface area contributed by atoms with E-state index in [1.54, 1.807) is 4.68 Å². The highest BCUT2D eigenvalue weighted by atomic mass is 16.5. The maximum atomic E-state index is 12.6. The van der Waals surface area contributed by atoms with Crippen LogP contribution in [-0.4, -0.2) is 48.2 Å². The first kappa shape index (κ1) is 19.2. The fraction of sp³-hybridized carbons (Fsp3) is 0.381. The zero-order chi connectivity index (χ0) is 20.2. The van der Waals surface area contributed by atoms with Crippen LogP contribution in [0.1, 0.15) is 23.4 Å². The van der Waals surface area contributed by atoms with Crippen molar-refractivity contribution in [3.63, 3.8) is 0 Å². The summed E-state index contributed by atoms with van der Waals surface area (Å²) >= 11 is 0. The van der Waals surface area contributed by atoms with E-state index >= 15 is 0 Å². The highest BCUT2D eigenvalue weighted by Gasteiger charge is 2.19. The Morgan fingerprint density at radius 3 is 2.86 bits per heavy atom. The van der Waals surface area contributed by atoms with Gasteiger partial charge in [-0.05, 0) is 37.5 Å². The average molecular weight is 394 g/mol. The molecule has 0 saturated heterocycles. The van der Waals surface area contributed by atoms with Crippen LogP contribution in [0.25, 0.3) is 5.57 Å². The van der Waals surface area contributed by atoms with E-state index in [1.807, 2.05) is 38.4 Å². The minimum atomic E-state index is -0.113. The third-order valence-electron chi connectivity index (χ3n) is 5.19. The molecule has 8 heteroatoms. The number of nitrogens with zero attached hydrogens (tertiary/aromatic N) is 3. The van der Waals surface area contributed by atoms with Crippen molar-refractivity contribution in [2.45, 2.75) is 26.8 Å². The standard InChI is InChI=1S/C21H26N6O2/c1-14-21(16-5-9-29-10-6-16)15(2)27(26-14)13-20(28)25-19-4-3-17(11-24-19)18-12-22-7-8-23-18/h3-5,7,12,23-24H,6,8-11,13H2,1-2H3,(H,25,28). The monoisotopic (exact) mass is 394 g/mol. The van der Waals surface area contributed by atoms with Crippen molar-refractivity contribution in [3.05, 3.63) is 58.5 Å². The molecular formula is C21H26N6O2. The molecule has 0 aliphatic carbocycles. The van der Waals surface area contributed by atoms with Crippen molar-refractivity contribution in [1.29, 1.82) is 0 Å². The lowest BCUT2D eigenvalue weighted by atomic mass is 10.00. The minimum absolute atomic E-state index is 0.113. The van der Waals surface area contributed by atoms with Crippen LogP contribution < -0.4 is 16.0 Å². The minimum Gasteiger partial charge on any atom is -0.378 e. The van der Waals surface area contributed by atoms with Gasteiger partial charge in [0.1, 0.15) is 12.4 Å². The van der Waals surface area contributed by atoms with Gasteiger partial charge in [-0.25, -0.2) is 0 Å². The maximum absolute atomic E-state index is 12.6. The lowest BCUT2D eigenvalue weighted by molar-refractivity contribution is -0.121. The van der Waals surface area contributed by atoms with E-state index in [0.29, 0.717) is 19.0 Å². The number of ether oxygens (including phenoxy) is 1. The highest BCUT2D eigenvalue weighted by molar-refractivity contribution is 5.78. The molecule has 8 nitrogen and oxygen atoms in total. The quantitative estimate of drug-likeness (QED) is 0.700. The number of carbonyl (C=O) groups excluding carboxylic acids is 1. The summed E-state index contributed by atoms with van der Waals surface area (Å²) in [5.74, 6) is 0.575. The molecule has 29 heavy (non-hydrogen) atoms. The predicted octanol–water partition coefficient (Wildman–Crippen LogP) is 1.31. The Hall–Kier alpha value is -3.13. The number of allylic oxidation sites excluding steroid dienone is 2. The molecule has 3 aliphatic rings. The Labute approximate surface area is 170 Å². The number of nitrogens with one attached hydrogen (secondary N) is 3. The predicted molar refractivity (Wildman–Crippen MR) is 112 cm³/mol. The van der Waals surface area contributed by atoms with E-state index in [2.05, 4.69) is 32.1 Å². The number of carbonyl (C=O) groups is 1. The van der Waals surface area contributed by atoms with E-state index in [4.69, 9.17) is 4.74 Å². The molecule has 0 atom stereocenters. The molecule has 152 valence electrons. The van der Waals surface area contributed by atoms with Gasteiger partial charge in [0, 0.05) is 30.2 Å². The van der Waals surface area contributed by atoms with Gasteiger partial charge in [0.05, 0.1) is 31.1 Å². The Morgan fingerprint density at radius 1 is 1.28 bits per heavy atom. The molecule has 1 aromatic rings. The van der Waals surface area contributed by atoms with Gasteiger partial charge in [-0.3, -0.25) is 14.5 Å². The highest BCUT2D eigenvalue weighted by Crippen LogP contribution is 2.27. The summed E-state index contributed by atoms with van der Waals surface area (Å²) in [6.45, 7) is 6.89. The Balaban J connectivity index is 1.41. The van der Waals surface area contributed by atoms with Crippen molar-refractivity contribution >= 4 is 17.7 Å². The summed E-state index contributed by atoms with van der Waals surface area (Å²) in [7, 11) is 0. The molecule has 3 N–H and O–H groups in total. The molecule has 0 radical (unpaired) electrons. The average Bonchev–Trinajstić information content (AvgIpc) is 3.02. The molecule has 1 aromatic heterocycles. The summed E-state index contributed by atoms with van der Waals surface area (Å²) in [6, 6.07) is 0. The van der Waals surface area contributed by atoms with Gasteiger partial charge in [0.2, 0.25) is 5.91 Å². The second-order valence-corrected chi connectivity index (χ2v) is 7.19. The van der Waals surface area contributed by atoms with E-state index in [9.17, 15) is 4.79 Å². The number of amides is 1. The molecular weight excluding hydrogens is 368 g/mol. The lowest BCUT2D eigenvalue weighted by Crippen LogP contribution is -2.37. The summed E-state index contributed by atoms with van der Waals surface area (Å²) in [5.41, 5.74) is 6.45. The normalized spacial score (nSPS) is 18.7. The number of hydrogen-bond donors (Lipinski definition) is 3. The van der Waals surface area contributed by atoms with Crippen molar-refractivity contribution < 1.29 is 9.53 Å². The van der Waals surface area contributed by atoms with Crippen LogP contribution in [0.15, 0.2) is 46.5 Å². The molecule has 4 heterocycles. The summed E-state index contributed by atoms with van der Waals surface area (Å²) in [5, 5.41) is 14.0. The van der Waals surface area contributed by atoms with Crippen LogP contribution in [0, 0.1) is 13.8 Å². The van der Waals surface area contributed by atoms with E-state index in [0.717, 1.165) is 47.8 Å². The molecule has 1 amide bonds. The SMILES string of the molecule is Cc1nn(CC(=O)NC2=CC=C(C3=CN=CCN3)CN2)c(C)c1C1=CCOCC1. The smallest absolute Gasteiger partial charge is 0.247 e. The molecule has 0 spiro atoms. The van der Waals surface area contributed by atoms with Gasteiger partial charge in [0.25, 0.3) is 0 Å². The van der Waals surface area contributed by atoms with Crippen molar-refractivity contribution in [3.8, 4) is 0 Å². The van der Waals surface area contributed by atoms with E-state index in [1.165, 1.54) is 5.57 Å². The summed E-state index contributed by atoms with van der Waals surface area (Å²) in [6.07, 6.45) is 10.5. The van der Waals surface area contributed by atoms with Gasteiger partial charge >= 0.3 is 0 Å². The molecule has 4 rings (SSSR count). The molecule has 0 aromatic carbocycles. The van der Waals surface area contributed by atoms with Gasteiger partial charge in [-0.1, -0.05) is 12.2 Å². The van der Waals surface area contributed by atoms with Crippen LogP contribution >= 0.6 is 0 Å². The maximum Gasteiger partial charge on any atom is 0.247 e. The molecule has 0 bridgehead atoms. The summed E-state index contributed by atoms with van der Waals surface area (Å²) < 4.78 is 7.18. The Morgan fingerprint density at radius 2 is 2.17 bits per heavy atom. The number of rotatable bonds is 5. The van der Waals surface area contributed by atoms with Crippen molar-refractivity contribution in [2.75, 3.05) is 26.3 Å². The van der Waals surface area contributed by atoms with Crippen molar-refractivity contribution in [1.82, 2.24) is 25.7 Å². The third kappa shape index (κ3) is 4.32. The Kier molecular flexibility index (Phi) is 5.62. The fourth-order valence-corrected chi connectivity index (χ4v) is 3.74. The largest absolute Gasteiger partial charge is 0.378 e. The Bertz CT molecular complexity index is 964. The topological polar surface area (TPSA) is 92.6 Å². The van der Waals surface area contributed by atoms with Crippen LogP contribution in [0.5, 0.6) is 0 Å². The number of hydrogen-bond acceptors (Lipinski definition) is 6. The van der Waals surface area contributed by atoms with Gasteiger partial charge in [-0.2, -0.15) is 5.10 Å². The van der Waals surface area contributed by atoms with Crippen molar-refractivity contribution in [2.24, 2.45) is 4.99 Å². The van der Waals surface area contributed by atoms with Crippen LogP contribution in [-0.2, 0) is 16.1 Å². The van der Waals surface area contributed by atoms with E-state index < -0.39 is 0 Å².